The largest absolute Gasteiger partial charge is 0.475 e. The summed E-state index contributed by atoms with van der Waals surface area (Å²) in [7, 11) is -2.66. The van der Waals surface area contributed by atoms with Crippen LogP contribution in [-0.2, 0) is 21.4 Å². The molecule has 0 spiro atoms. The number of carbonyl (C=O) groups is 1. The number of aryl methyl sites for hydroxylation is 1. The Morgan fingerprint density at radius 2 is 1.90 bits per heavy atom. The second kappa shape index (κ2) is 9.74. The molecule has 2 N–H and O–H groups in total. The SMILES string of the molecule is COc1nn(CCCCNS(=O)(=O)c2ccc(NC(=O)C(F)(F)F)cc2)cc1[N+](=O)[O-]. The van der Waals surface area contributed by atoms with Crippen molar-refractivity contribution in [3.05, 3.63) is 40.6 Å². The fourth-order valence-electron chi connectivity index (χ4n) is 2.39. The van der Waals surface area contributed by atoms with Crippen LogP contribution in [0.25, 0.3) is 0 Å². The zero-order chi connectivity index (χ0) is 23.2. The summed E-state index contributed by atoms with van der Waals surface area (Å²) in [5.74, 6) is -2.29. The molecule has 0 aliphatic heterocycles. The number of hydrogen-bond acceptors (Lipinski definition) is 7. The van der Waals surface area contributed by atoms with Crippen LogP contribution in [0, 0.1) is 10.1 Å². The highest BCUT2D eigenvalue weighted by atomic mass is 32.2. The Kier molecular flexibility index (Phi) is 7.56. The van der Waals surface area contributed by atoms with Crippen LogP contribution < -0.4 is 14.8 Å². The summed E-state index contributed by atoms with van der Waals surface area (Å²) >= 11 is 0. The van der Waals surface area contributed by atoms with Crippen molar-refractivity contribution in [3.8, 4) is 5.88 Å². The highest BCUT2D eigenvalue weighted by Gasteiger charge is 2.38. The molecule has 1 aromatic carbocycles. The summed E-state index contributed by atoms with van der Waals surface area (Å²) in [4.78, 5) is 20.9. The average Bonchev–Trinajstić information content (AvgIpc) is 3.11. The first-order valence-electron chi connectivity index (χ1n) is 8.68. The number of nitro groups is 1. The van der Waals surface area contributed by atoms with E-state index < -0.39 is 27.0 Å². The fraction of sp³-hybridized carbons (Fsp3) is 0.375. The third-order valence-electron chi connectivity index (χ3n) is 3.89. The Labute approximate surface area is 174 Å². The van der Waals surface area contributed by atoms with Gasteiger partial charge in [-0.1, -0.05) is 0 Å². The Morgan fingerprint density at radius 1 is 1.26 bits per heavy atom. The number of methoxy groups -OCH3 is 1. The highest BCUT2D eigenvalue weighted by Crippen LogP contribution is 2.24. The Hall–Kier alpha value is -3.20. The number of rotatable bonds is 10. The Bertz CT molecular complexity index is 1040. The van der Waals surface area contributed by atoms with Crippen molar-refractivity contribution in [2.75, 3.05) is 19.0 Å². The van der Waals surface area contributed by atoms with Crippen LogP contribution in [0.1, 0.15) is 12.8 Å². The number of aromatic nitrogens is 2. The van der Waals surface area contributed by atoms with E-state index in [1.165, 1.54) is 18.0 Å². The minimum absolute atomic E-state index is 0.0510. The minimum atomic E-state index is -5.06. The maximum Gasteiger partial charge on any atom is 0.471 e. The van der Waals surface area contributed by atoms with E-state index in [2.05, 4.69) is 9.82 Å². The van der Waals surface area contributed by atoms with Gasteiger partial charge in [0, 0.05) is 18.8 Å². The number of sulfonamides is 1. The average molecular weight is 465 g/mol. The third-order valence-corrected chi connectivity index (χ3v) is 5.36. The van der Waals surface area contributed by atoms with E-state index in [1.54, 1.807) is 5.32 Å². The van der Waals surface area contributed by atoms with Crippen LogP contribution in [0.4, 0.5) is 24.5 Å². The first-order chi connectivity index (χ1) is 14.4. The van der Waals surface area contributed by atoms with Crippen LogP contribution in [0.2, 0.25) is 0 Å². The smallest absolute Gasteiger partial charge is 0.471 e. The van der Waals surface area contributed by atoms with Crippen molar-refractivity contribution < 1.29 is 36.0 Å². The lowest BCUT2D eigenvalue weighted by atomic mass is 10.3. The molecule has 0 bridgehead atoms. The molecule has 2 rings (SSSR count). The van der Waals surface area contributed by atoms with Gasteiger partial charge in [0.2, 0.25) is 10.0 Å². The number of benzene rings is 1. The lowest BCUT2D eigenvalue weighted by molar-refractivity contribution is -0.385. The monoisotopic (exact) mass is 465 g/mol. The minimum Gasteiger partial charge on any atom is -0.475 e. The van der Waals surface area contributed by atoms with Gasteiger partial charge in [-0.3, -0.25) is 19.6 Å². The summed E-state index contributed by atoms with van der Waals surface area (Å²) < 4.78 is 69.6. The maximum atomic E-state index is 12.2. The summed E-state index contributed by atoms with van der Waals surface area (Å²) in [6.45, 7) is 0.342. The molecule has 1 heterocycles. The molecule has 11 nitrogen and oxygen atoms in total. The number of unbranched alkanes of at least 4 members (excludes halogenated alkanes) is 1. The number of hydrogen-bond donors (Lipinski definition) is 2. The fourth-order valence-corrected chi connectivity index (χ4v) is 3.46. The maximum absolute atomic E-state index is 12.2. The first kappa shape index (κ1) is 24.1. The quantitative estimate of drug-likeness (QED) is 0.310. The van der Waals surface area contributed by atoms with Gasteiger partial charge in [0.15, 0.2) is 0 Å². The van der Waals surface area contributed by atoms with Crippen molar-refractivity contribution in [1.82, 2.24) is 14.5 Å². The number of carbonyl (C=O) groups excluding carboxylic acids is 1. The summed E-state index contributed by atoms with van der Waals surface area (Å²) in [5, 5.41) is 16.4. The molecule has 0 aliphatic rings. The van der Waals surface area contributed by atoms with Crippen molar-refractivity contribution in [2.45, 2.75) is 30.5 Å². The molecular weight excluding hydrogens is 447 g/mol. The van der Waals surface area contributed by atoms with Gasteiger partial charge in [-0.25, -0.2) is 13.1 Å². The number of amides is 1. The van der Waals surface area contributed by atoms with Gasteiger partial charge in [-0.2, -0.15) is 13.2 Å². The predicted octanol–water partition coefficient (Wildman–Crippen LogP) is 2.06. The molecule has 15 heteroatoms. The lowest BCUT2D eigenvalue weighted by Gasteiger charge is -2.10. The van der Waals surface area contributed by atoms with Crippen molar-refractivity contribution >= 4 is 27.3 Å². The molecule has 0 fully saturated rings. The molecular formula is C16H18F3N5O6S. The molecule has 0 atom stereocenters. The zero-order valence-electron chi connectivity index (χ0n) is 16.0. The van der Waals surface area contributed by atoms with Crippen molar-refractivity contribution in [1.29, 1.82) is 0 Å². The molecule has 31 heavy (non-hydrogen) atoms. The zero-order valence-corrected chi connectivity index (χ0v) is 16.9. The standard InChI is InChI=1S/C16H18F3N5O6S/c1-30-14-13(24(26)27)10-23(22-14)9-3-2-8-20-31(28,29)12-6-4-11(5-7-12)21-15(25)16(17,18)19/h4-7,10,20H,2-3,8-9H2,1H3,(H,21,25). The second-order valence-corrected chi connectivity index (χ2v) is 7.89. The first-order valence-corrected chi connectivity index (χ1v) is 10.2. The van der Waals surface area contributed by atoms with Gasteiger partial charge in [-0.05, 0) is 37.1 Å². The molecule has 0 saturated carbocycles. The summed E-state index contributed by atoms with van der Waals surface area (Å²) in [5.41, 5.74) is -0.483. The topological polar surface area (TPSA) is 145 Å². The molecule has 1 amide bonds. The van der Waals surface area contributed by atoms with Crippen LogP contribution in [0.3, 0.4) is 0 Å². The van der Waals surface area contributed by atoms with Crippen LogP contribution >= 0.6 is 0 Å². The van der Waals surface area contributed by atoms with Crippen LogP contribution in [0.5, 0.6) is 5.88 Å². The Balaban J connectivity index is 1.84. The molecule has 170 valence electrons. The van der Waals surface area contributed by atoms with E-state index in [1.807, 2.05) is 0 Å². The lowest BCUT2D eigenvalue weighted by Crippen LogP contribution is -2.30. The Morgan fingerprint density at radius 3 is 2.42 bits per heavy atom. The van der Waals surface area contributed by atoms with Crippen LogP contribution in [-0.4, -0.2) is 48.9 Å². The van der Waals surface area contributed by atoms with E-state index in [-0.39, 0.29) is 28.7 Å². The summed E-state index contributed by atoms with van der Waals surface area (Å²) in [6, 6.07) is 4.19. The van der Waals surface area contributed by atoms with E-state index in [9.17, 15) is 36.5 Å². The number of halogens is 3. The molecule has 0 radical (unpaired) electrons. The van der Waals surface area contributed by atoms with Gasteiger partial charge < -0.3 is 10.1 Å². The highest BCUT2D eigenvalue weighted by molar-refractivity contribution is 7.89. The number of nitrogens with one attached hydrogen (secondary N) is 2. The third kappa shape index (κ3) is 6.65. The molecule has 1 aromatic heterocycles. The van der Waals surface area contributed by atoms with Gasteiger partial charge in [0.05, 0.1) is 16.9 Å². The van der Waals surface area contributed by atoms with E-state index in [4.69, 9.17) is 4.74 Å². The number of alkyl halides is 3. The second-order valence-electron chi connectivity index (χ2n) is 6.12. The van der Waals surface area contributed by atoms with Crippen molar-refractivity contribution in [3.63, 3.8) is 0 Å². The molecule has 2 aromatic rings. The van der Waals surface area contributed by atoms with Crippen LogP contribution in [0.15, 0.2) is 35.4 Å². The van der Waals surface area contributed by atoms with Gasteiger partial charge in [0.1, 0.15) is 6.20 Å². The number of anilines is 1. The van der Waals surface area contributed by atoms with E-state index >= 15 is 0 Å². The summed E-state index contributed by atoms with van der Waals surface area (Å²) in [6.07, 6.45) is -3.01. The van der Waals surface area contributed by atoms with Crippen molar-refractivity contribution in [2.24, 2.45) is 0 Å². The number of nitrogens with zero attached hydrogens (tertiary/aromatic N) is 3. The van der Waals surface area contributed by atoms with Gasteiger partial charge in [0.25, 0.3) is 0 Å². The van der Waals surface area contributed by atoms with E-state index in [0.29, 0.717) is 19.4 Å². The predicted molar refractivity (Wildman–Crippen MR) is 101 cm³/mol. The molecule has 0 saturated heterocycles. The van der Waals surface area contributed by atoms with Gasteiger partial charge >= 0.3 is 23.7 Å². The molecule has 0 aliphatic carbocycles. The van der Waals surface area contributed by atoms with Gasteiger partial charge in [-0.15, -0.1) is 5.10 Å². The van der Waals surface area contributed by atoms with E-state index in [0.717, 1.165) is 24.3 Å². The normalized spacial score (nSPS) is 11.9. The number of ether oxygens (including phenoxy) is 1. The molecule has 0 unspecified atom stereocenters.